The first-order chi connectivity index (χ1) is 10.2. The number of nitrogens with zero attached hydrogens (tertiary/aromatic N) is 2. The van der Waals surface area contributed by atoms with E-state index in [0.29, 0.717) is 0 Å². The fourth-order valence-electron chi connectivity index (χ4n) is 1.92. The summed E-state index contributed by atoms with van der Waals surface area (Å²) in [6.07, 6.45) is 1.87. The zero-order chi connectivity index (χ0) is 15.2. The molecule has 1 aromatic carbocycles. The maximum Gasteiger partial charge on any atom is 0.136 e. The van der Waals surface area contributed by atoms with E-state index in [0.717, 1.165) is 46.2 Å². The van der Waals surface area contributed by atoms with Crippen LogP contribution in [0.25, 0.3) is 0 Å². The number of benzene rings is 1. The molecule has 112 valence electrons. The number of hydrogen-bond acceptors (Lipinski definition) is 5. The minimum atomic E-state index is 0.773. The van der Waals surface area contributed by atoms with Gasteiger partial charge in [-0.05, 0) is 40.5 Å². The Kier molecular flexibility index (Phi) is 5.38. The van der Waals surface area contributed by atoms with E-state index in [1.54, 1.807) is 7.11 Å². The number of anilines is 3. The molecule has 0 atom stereocenters. The first kappa shape index (κ1) is 15.6. The summed E-state index contributed by atoms with van der Waals surface area (Å²) in [4.78, 5) is 8.97. The molecule has 5 nitrogen and oxygen atoms in total. The van der Waals surface area contributed by atoms with Crippen molar-refractivity contribution >= 4 is 33.3 Å². The summed E-state index contributed by atoms with van der Waals surface area (Å²) in [6, 6.07) is 7.70. The lowest BCUT2D eigenvalue weighted by Crippen LogP contribution is -2.03. The Morgan fingerprint density at radius 1 is 1.19 bits per heavy atom. The highest BCUT2D eigenvalue weighted by molar-refractivity contribution is 9.10. The lowest BCUT2D eigenvalue weighted by molar-refractivity contribution is 0.412. The summed E-state index contributed by atoms with van der Waals surface area (Å²) in [6.45, 7) is 2.11. The molecule has 0 bridgehead atoms. The topological polar surface area (TPSA) is 59.1 Å². The first-order valence-electron chi connectivity index (χ1n) is 6.82. The molecule has 0 aliphatic heterocycles. The van der Waals surface area contributed by atoms with Crippen molar-refractivity contribution in [2.24, 2.45) is 0 Å². The Morgan fingerprint density at radius 2 is 1.95 bits per heavy atom. The van der Waals surface area contributed by atoms with Gasteiger partial charge in [0.1, 0.15) is 23.2 Å². The minimum Gasteiger partial charge on any atom is -0.496 e. The summed E-state index contributed by atoms with van der Waals surface area (Å²) in [7, 11) is 3.50. The molecule has 1 aromatic heterocycles. The third-order valence-electron chi connectivity index (χ3n) is 2.93. The van der Waals surface area contributed by atoms with Crippen molar-refractivity contribution in [1.29, 1.82) is 0 Å². The van der Waals surface area contributed by atoms with Crippen LogP contribution in [0.15, 0.2) is 28.7 Å². The van der Waals surface area contributed by atoms with Crippen molar-refractivity contribution in [3.05, 3.63) is 34.6 Å². The molecule has 6 heteroatoms. The zero-order valence-corrected chi connectivity index (χ0v) is 14.0. The minimum absolute atomic E-state index is 0.773. The molecule has 0 fully saturated rings. The molecule has 0 saturated heterocycles. The molecular weight excluding hydrogens is 332 g/mol. The second-order valence-electron chi connectivity index (χ2n) is 4.53. The van der Waals surface area contributed by atoms with E-state index in [-0.39, 0.29) is 0 Å². The third kappa shape index (κ3) is 4.07. The molecule has 0 amide bonds. The number of rotatable bonds is 6. The maximum atomic E-state index is 5.23. The largest absolute Gasteiger partial charge is 0.496 e. The van der Waals surface area contributed by atoms with Gasteiger partial charge >= 0.3 is 0 Å². The number of methoxy groups -OCH3 is 1. The van der Waals surface area contributed by atoms with E-state index in [1.807, 2.05) is 31.3 Å². The van der Waals surface area contributed by atoms with Gasteiger partial charge in [-0.15, -0.1) is 0 Å². The smallest absolute Gasteiger partial charge is 0.136 e. The average molecular weight is 351 g/mol. The van der Waals surface area contributed by atoms with E-state index in [4.69, 9.17) is 4.74 Å². The predicted molar refractivity (Wildman–Crippen MR) is 89.6 cm³/mol. The highest BCUT2D eigenvalue weighted by atomic mass is 79.9. The van der Waals surface area contributed by atoms with E-state index >= 15 is 0 Å². The highest BCUT2D eigenvalue weighted by Crippen LogP contribution is 2.29. The van der Waals surface area contributed by atoms with Crippen molar-refractivity contribution in [3.63, 3.8) is 0 Å². The Hall–Kier alpha value is -1.82. The highest BCUT2D eigenvalue weighted by Gasteiger charge is 2.06. The molecule has 2 N–H and O–H groups in total. The lowest BCUT2D eigenvalue weighted by atomic mass is 10.3. The van der Waals surface area contributed by atoms with E-state index in [1.165, 1.54) is 0 Å². The van der Waals surface area contributed by atoms with Crippen LogP contribution >= 0.6 is 15.9 Å². The molecule has 0 aliphatic rings. The van der Waals surface area contributed by atoms with Crippen molar-refractivity contribution < 1.29 is 4.74 Å². The van der Waals surface area contributed by atoms with Gasteiger partial charge < -0.3 is 15.4 Å². The maximum absolute atomic E-state index is 5.23. The quantitative estimate of drug-likeness (QED) is 0.824. The van der Waals surface area contributed by atoms with Gasteiger partial charge in [0.2, 0.25) is 0 Å². The standard InChI is InChI=1S/C15H19BrN4O/c1-4-5-13-19-14(17-2)9-15(20-13)18-10-6-7-12(21-3)11(16)8-10/h6-9H,4-5H2,1-3H3,(H2,17,18,19,20). The first-order valence-corrected chi connectivity index (χ1v) is 7.61. The summed E-state index contributed by atoms with van der Waals surface area (Å²) >= 11 is 3.48. The van der Waals surface area contributed by atoms with Gasteiger partial charge in [0.05, 0.1) is 11.6 Å². The van der Waals surface area contributed by atoms with E-state index in [9.17, 15) is 0 Å². The molecular formula is C15H19BrN4O. The molecule has 2 rings (SSSR count). The van der Waals surface area contributed by atoms with Gasteiger partial charge in [0.25, 0.3) is 0 Å². The Bertz CT molecular complexity index is 619. The number of nitrogens with one attached hydrogen (secondary N) is 2. The molecule has 0 aliphatic carbocycles. The molecule has 0 unspecified atom stereocenters. The van der Waals surface area contributed by atoms with Gasteiger partial charge in [-0.25, -0.2) is 9.97 Å². The van der Waals surface area contributed by atoms with E-state index < -0.39 is 0 Å². The second-order valence-corrected chi connectivity index (χ2v) is 5.38. The molecule has 0 spiro atoms. The fraction of sp³-hybridized carbons (Fsp3) is 0.333. The van der Waals surface area contributed by atoms with Gasteiger partial charge in [0, 0.05) is 25.2 Å². The van der Waals surface area contributed by atoms with Crippen LogP contribution in [0.2, 0.25) is 0 Å². The van der Waals surface area contributed by atoms with Gasteiger partial charge in [-0.2, -0.15) is 0 Å². The summed E-state index contributed by atoms with van der Waals surface area (Å²) < 4.78 is 6.12. The average Bonchev–Trinajstić information content (AvgIpc) is 2.47. The molecule has 21 heavy (non-hydrogen) atoms. The number of aryl methyl sites for hydroxylation is 1. The van der Waals surface area contributed by atoms with Crippen molar-refractivity contribution in [2.45, 2.75) is 19.8 Å². The summed E-state index contributed by atoms with van der Waals surface area (Å²) in [5.74, 6) is 3.21. The summed E-state index contributed by atoms with van der Waals surface area (Å²) in [5, 5.41) is 6.35. The van der Waals surface area contributed by atoms with Crippen LogP contribution in [0.4, 0.5) is 17.3 Å². The van der Waals surface area contributed by atoms with Crippen molar-refractivity contribution in [3.8, 4) is 5.75 Å². The monoisotopic (exact) mass is 350 g/mol. The molecule has 2 aromatic rings. The number of ether oxygens (including phenoxy) is 1. The summed E-state index contributed by atoms with van der Waals surface area (Å²) in [5.41, 5.74) is 0.936. The fourth-order valence-corrected chi connectivity index (χ4v) is 2.46. The zero-order valence-electron chi connectivity index (χ0n) is 12.4. The Morgan fingerprint density at radius 3 is 2.57 bits per heavy atom. The third-order valence-corrected chi connectivity index (χ3v) is 3.55. The second kappa shape index (κ2) is 7.26. The lowest BCUT2D eigenvalue weighted by Gasteiger charge is -2.11. The van der Waals surface area contributed by atoms with Crippen LogP contribution in [0.3, 0.4) is 0 Å². The number of hydrogen-bond donors (Lipinski definition) is 2. The predicted octanol–water partition coefficient (Wildman–Crippen LogP) is 3.99. The van der Waals surface area contributed by atoms with Crippen LogP contribution in [0.5, 0.6) is 5.75 Å². The molecule has 1 heterocycles. The Balaban J connectivity index is 2.25. The van der Waals surface area contributed by atoms with Gasteiger partial charge in [-0.1, -0.05) is 6.92 Å². The van der Waals surface area contributed by atoms with E-state index in [2.05, 4.69) is 43.5 Å². The van der Waals surface area contributed by atoms with Crippen LogP contribution in [0, 0.1) is 0 Å². The van der Waals surface area contributed by atoms with Crippen LogP contribution in [-0.2, 0) is 6.42 Å². The van der Waals surface area contributed by atoms with Crippen LogP contribution < -0.4 is 15.4 Å². The van der Waals surface area contributed by atoms with Gasteiger partial charge in [0.15, 0.2) is 0 Å². The van der Waals surface area contributed by atoms with Gasteiger partial charge in [-0.3, -0.25) is 0 Å². The normalized spacial score (nSPS) is 10.3. The Labute approximate surface area is 133 Å². The SMILES string of the molecule is CCCc1nc(NC)cc(Nc2ccc(OC)c(Br)c2)n1. The van der Waals surface area contributed by atoms with Crippen LogP contribution in [0.1, 0.15) is 19.2 Å². The van der Waals surface area contributed by atoms with Crippen molar-refractivity contribution in [1.82, 2.24) is 9.97 Å². The molecule has 0 saturated carbocycles. The van der Waals surface area contributed by atoms with Crippen LogP contribution in [-0.4, -0.2) is 24.1 Å². The number of halogens is 1. The van der Waals surface area contributed by atoms with Crippen molar-refractivity contribution in [2.75, 3.05) is 24.8 Å². The molecule has 0 radical (unpaired) electrons. The number of aromatic nitrogens is 2.